The average molecular weight is 960 g/mol. The Bertz CT molecular complexity index is 1380. The van der Waals surface area contributed by atoms with Crippen LogP contribution in [-0.4, -0.2) is 37.2 Å². The number of ether oxygens (including phenoxy) is 3. The normalized spacial score (nSPS) is 12.8. The Morgan fingerprint density at radius 3 is 0.942 bits per heavy atom. The van der Waals surface area contributed by atoms with Crippen LogP contribution in [0.2, 0.25) is 0 Å². The van der Waals surface area contributed by atoms with Gasteiger partial charge in [-0.15, -0.1) is 0 Å². The number of esters is 3. The summed E-state index contributed by atoms with van der Waals surface area (Å²) in [6.07, 6.45) is 75.4. The van der Waals surface area contributed by atoms with Gasteiger partial charge in [0.25, 0.3) is 0 Å². The molecular formula is C63H106O6. The van der Waals surface area contributed by atoms with Crippen molar-refractivity contribution in [3.8, 4) is 0 Å². The first kappa shape index (κ1) is 65.3. The molecule has 6 heteroatoms. The van der Waals surface area contributed by atoms with Gasteiger partial charge in [0.1, 0.15) is 13.2 Å². The zero-order valence-corrected chi connectivity index (χ0v) is 45.0. The lowest BCUT2D eigenvalue weighted by molar-refractivity contribution is -0.166. The maximum Gasteiger partial charge on any atom is 0.306 e. The summed E-state index contributed by atoms with van der Waals surface area (Å²) in [5, 5.41) is 0. The summed E-state index contributed by atoms with van der Waals surface area (Å²) in [6, 6.07) is 0. The molecule has 0 aromatic carbocycles. The number of rotatable bonds is 51. The van der Waals surface area contributed by atoms with Crippen molar-refractivity contribution >= 4 is 17.9 Å². The van der Waals surface area contributed by atoms with Gasteiger partial charge in [0.05, 0.1) is 0 Å². The SMILES string of the molecule is CCCCC/C=C\C/C=C\C/C=C\C/C=C\C/C=C\CCC(=O)OC[C@H](COC(=O)CCCCCCCCC/C=C\C/C=C\CCCCC)OC(=O)CCCCCCCCC/C=C\CCCCCC. The van der Waals surface area contributed by atoms with Gasteiger partial charge in [0, 0.05) is 19.3 Å². The van der Waals surface area contributed by atoms with Crippen LogP contribution in [0.4, 0.5) is 0 Å². The smallest absolute Gasteiger partial charge is 0.306 e. The second kappa shape index (κ2) is 56.9. The van der Waals surface area contributed by atoms with E-state index in [1.807, 2.05) is 6.08 Å². The number of unbranched alkanes of at least 4 members (excludes halogenated alkanes) is 24. The van der Waals surface area contributed by atoms with E-state index in [9.17, 15) is 14.4 Å². The van der Waals surface area contributed by atoms with Crippen LogP contribution < -0.4 is 0 Å². The Balaban J connectivity index is 4.51. The molecule has 0 unspecified atom stereocenters. The maximum atomic E-state index is 12.8. The summed E-state index contributed by atoms with van der Waals surface area (Å²) in [4.78, 5) is 38.1. The summed E-state index contributed by atoms with van der Waals surface area (Å²) in [5.41, 5.74) is 0. The molecule has 0 radical (unpaired) electrons. The van der Waals surface area contributed by atoms with E-state index in [4.69, 9.17) is 14.2 Å². The van der Waals surface area contributed by atoms with Gasteiger partial charge in [-0.25, -0.2) is 0 Å². The van der Waals surface area contributed by atoms with E-state index in [0.29, 0.717) is 19.3 Å². The highest BCUT2D eigenvalue weighted by Gasteiger charge is 2.19. The predicted octanol–water partition coefficient (Wildman–Crippen LogP) is 19.3. The van der Waals surface area contributed by atoms with Gasteiger partial charge in [0.2, 0.25) is 0 Å². The van der Waals surface area contributed by atoms with Crippen LogP contribution >= 0.6 is 0 Å². The van der Waals surface area contributed by atoms with Crippen molar-refractivity contribution in [2.24, 2.45) is 0 Å². The Morgan fingerprint density at radius 2 is 0.551 bits per heavy atom. The minimum atomic E-state index is -0.814. The van der Waals surface area contributed by atoms with Crippen molar-refractivity contribution in [3.05, 3.63) is 97.2 Å². The first-order chi connectivity index (χ1) is 34.0. The number of carbonyl (C=O) groups excluding carboxylic acids is 3. The lowest BCUT2D eigenvalue weighted by atomic mass is 10.1. The van der Waals surface area contributed by atoms with Crippen LogP contribution in [0.3, 0.4) is 0 Å². The van der Waals surface area contributed by atoms with Gasteiger partial charge in [-0.2, -0.15) is 0 Å². The summed E-state index contributed by atoms with van der Waals surface area (Å²) in [5.74, 6) is -1.00. The summed E-state index contributed by atoms with van der Waals surface area (Å²) in [7, 11) is 0. The quantitative estimate of drug-likeness (QED) is 0.0262. The van der Waals surface area contributed by atoms with Gasteiger partial charge in [-0.05, 0) is 116 Å². The van der Waals surface area contributed by atoms with Crippen LogP contribution in [-0.2, 0) is 28.6 Å². The maximum absolute atomic E-state index is 12.8. The third kappa shape index (κ3) is 55.1. The van der Waals surface area contributed by atoms with Gasteiger partial charge in [-0.1, -0.05) is 227 Å². The monoisotopic (exact) mass is 959 g/mol. The Labute approximate surface area is 426 Å². The van der Waals surface area contributed by atoms with Crippen molar-refractivity contribution in [2.45, 2.75) is 271 Å². The molecule has 0 bridgehead atoms. The molecule has 0 saturated heterocycles. The molecule has 69 heavy (non-hydrogen) atoms. The molecule has 0 aliphatic rings. The summed E-state index contributed by atoms with van der Waals surface area (Å²) in [6.45, 7) is 6.51. The fourth-order valence-corrected chi connectivity index (χ4v) is 7.68. The van der Waals surface area contributed by atoms with Crippen molar-refractivity contribution in [1.29, 1.82) is 0 Å². The fourth-order valence-electron chi connectivity index (χ4n) is 7.68. The molecule has 0 saturated carbocycles. The van der Waals surface area contributed by atoms with E-state index in [1.165, 1.54) is 141 Å². The lowest BCUT2D eigenvalue weighted by Crippen LogP contribution is -2.30. The zero-order valence-electron chi connectivity index (χ0n) is 45.0. The van der Waals surface area contributed by atoms with E-state index < -0.39 is 6.10 Å². The topological polar surface area (TPSA) is 78.9 Å². The molecule has 0 spiro atoms. The van der Waals surface area contributed by atoms with Crippen molar-refractivity contribution in [2.75, 3.05) is 13.2 Å². The Hall–Kier alpha value is -3.67. The number of hydrogen-bond acceptors (Lipinski definition) is 6. The highest BCUT2D eigenvalue weighted by atomic mass is 16.6. The molecule has 0 aromatic heterocycles. The molecule has 0 aromatic rings. The van der Waals surface area contributed by atoms with Crippen LogP contribution in [0.1, 0.15) is 265 Å². The molecule has 0 amide bonds. The van der Waals surface area contributed by atoms with E-state index in [-0.39, 0.29) is 37.5 Å². The highest BCUT2D eigenvalue weighted by Crippen LogP contribution is 2.14. The third-order valence-electron chi connectivity index (χ3n) is 12.0. The highest BCUT2D eigenvalue weighted by molar-refractivity contribution is 5.71. The molecule has 1 atom stereocenters. The second-order valence-electron chi connectivity index (χ2n) is 18.8. The van der Waals surface area contributed by atoms with E-state index >= 15 is 0 Å². The largest absolute Gasteiger partial charge is 0.462 e. The minimum Gasteiger partial charge on any atom is -0.462 e. The number of hydrogen-bond donors (Lipinski definition) is 0. The van der Waals surface area contributed by atoms with Gasteiger partial charge < -0.3 is 14.2 Å². The van der Waals surface area contributed by atoms with Gasteiger partial charge in [-0.3, -0.25) is 14.4 Å². The first-order valence-corrected chi connectivity index (χ1v) is 28.7. The third-order valence-corrected chi connectivity index (χ3v) is 12.0. The van der Waals surface area contributed by atoms with E-state index in [2.05, 4.69) is 112 Å². The van der Waals surface area contributed by atoms with Crippen molar-refractivity contribution in [1.82, 2.24) is 0 Å². The first-order valence-electron chi connectivity index (χ1n) is 28.7. The van der Waals surface area contributed by atoms with E-state index in [1.54, 1.807) is 0 Å². The molecule has 6 nitrogen and oxygen atoms in total. The molecule has 0 rings (SSSR count). The lowest BCUT2D eigenvalue weighted by Gasteiger charge is -2.18. The molecule has 394 valence electrons. The molecule has 0 N–H and O–H groups in total. The van der Waals surface area contributed by atoms with Crippen LogP contribution in [0.25, 0.3) is 0 Å². The molecule has 0 fully saturated rings. The predicted molar refractivity (Wildman–Crippen MR) is 297 cm³/mol. The number of allylic oxidation sites excluding steroid dienone is 16. The number of carbonyl (C=O) groups is 3. The fraction of sp³-hybridized carbons (Fsp3) is 0.698. The molecular weight excluding hydrogens is 853 g/mol. The molecule has 0 heterocycles. The average Bonchev–Trinajstić information content (AvgIpc) is 3.35. The van der Waals surface area contributed by atoms with Crippen LogP contribution in [0.5, 0.6) is 0 Å². The molecule has 0 aliphatic heterocycles. The van der Waals surface area contributed by atoms with Crippen LogP contribution in [0.15, 0.2) is 97.2 Å². The van der Waals surface area contributed by atoms with E-state index in [0.717, 1.165) is 77.0 Å². The minimum absolute atomic E-state index is 0.107. The molecule has 0 aliphatic carbocycles. The summed E-state index contributed by atoms with van der Waals surface area (Å²) < 4.78 is 16.8. The van der Waals surface area contributed by atoms with Crippen LogP contribution in [0, 0.1) is 0 Å². The Kier molecular flexibility index (Phi) is 53.9. The van der Waals surface area contributed by atoms with Crippen molar-refractivity contribution < 1.29 is 28.6 Å². The second-order valence-corrected chi connectivity index (χ2v) is 18.8. The summed E-state index contributed by atoms with van der Waals surface area (Å²) >= 11 is 0. The van der Waals surface area contributed by atoms with Gasteiger partial charge >= 0.3 is 17.9 Å². The zero-order chi connectivity index (χ0) is 50.0. The van der Waals surface area contributed by atoms with Gasteiger partial charge in [0.15, 0.2) is 6.10 Å². The Morgan fingerprint density at radius 1 is 0.290 bits per heavy atom. The van der Waals surface area contributed by atoms with Crippen molar-refractivity contribution in [3.63, 3.8) is 0 Å². The standard InChI is InChI=1S/C63H106O6/c1-4-7-10-13-16-19-22-25-28-30-31-33-36-38-41-44-47-50-53-56-62(65)68-59-60(69-63(66)57-54-51-48-45-42-39-34-27-24-21-18-15-12-9-6-3)58-67-61(64)55-52-49-46-43-40-37-35-32-29-26-23-20-17-14-11-8-5-2/h16-17,19-21,24-26,28-29,31,33,38,41,47,50,60H,4-15,18,22-23,27,30,32,34-37,39-40,42-46,48-49,51-59H2,1-3H3/b19-16-,20-17-,24-21-,28-25-,29-26-,33-31-,41-38-,50-47-/t60-/m0/s1.